The number of benzene rings is 1. The van der Waals surface area contributed by atoms with E-state index in [-0.39, 0.29) is 5.56 Å². The van der Waals surface area contributed by atoms with Gasteiger partial charge in [-0.15, -0.1) is 0 Å². The van der Waals surface area contributed by atoms with Crippen LogP contribution in [0.4, 0.5) is 0 Å². The third-order valence-electron chi connectivity index (χ3n) is 4.13. The summed E-state index contributed by atoms with van der Waals surface area (Å²) < 4.78 is 5.66. The number of likely N-dealkylation sites (tertiary alicyclic amines) is 1. The quantitative estimate of drug-likeness (QED) is 0.816. The zero-order chi connectivity index (χ0) is 15.1. The van der Waals surface area contributed by atoms with Crippen LogP contribution in [-0.2, 0) is 0 Å². The Bertz CT molecular complexity index is 461. The fourth-order valence-electron chi connectivity index (χ4n) is 2.84. The van der Waals surface area contributed by atoms with Crippen molar-refractivity contribution in [3.8, 4) is 5.75 Å². The number of carboxylic acid groups (broad SMARTS) is 1. The van der Waals surface area contributed by atoms with Crippen LogP contribution >= 0.6 is 0 Å². The lowest BCUT2D eigenvalue weighted by Gasteiger charge is -2.26. The molecular weight excluding hydrogens is 266 g/mol. The van der Waals surface area contributed by atoms with Crippen molar-refractivity contribution >= 4 is 5.97 Å². The summed E-state index contributed by atoms with van der Waals surface area (Å²) in [5, 5.41) is 8.94. The predicted molar refractivity (Wildman–Crippen MR) is 83.0 cm³/mol. The summed E-state index contributed by atoms with van der Waals surface area (Å²) in [5.41, 5.74) is 0.272. The van der Waals surface area contributed by atoms with E-state index in [1.54, 1.807) is 24.3 Å². The highest BCUT2D eigenvalue weighted by Crippen LogP contribution is 2.17. The minimum absolute atomic E-state index is 0.272. The van der Waals surface area contributed by atoms with E-state index in [1.807, 2.05) is 0 Å². The first-order valence-electron chi connectivity index (χ1n) is 7.87. The molecule has 0 aliphatic carbocycles. The molecule has 1 unspecified atom stereocenters. The first-order valence-corrected chi connectivity index (χ1v) is 7.87. The van der Waals surface area contributed by atoms with Gasteiger partial charge in [-0.1, -0.05) is 18.9 Å². The zero-order valence-electron chi connectivity index (χ0n) is 12.8. The summed E-state index contributed by atoms with van der Waals surface area (Å²) in [6.45, 7) is 5.18. The van der Waals surface area contributed by atoms with Crippen LogP contribution in [0.25, 0.3) is 0 Å². The number of rotatable bonds is 6. The molecule has 1 N–H and O–H groups in total. The normalized spacial score (nSPS) is 20.0. The molecule has 0 saturated carbocycles. The number of hydrogen-bond acceptors (Lipinski definition) is 3. The van der Waals surface area contributed by atoms with Gasteiger partial charge in [0.05, 0.1) is 12.2 Å². The Hall–Kier alpha value is -1.55. The maximum absolute atomic E-state index is 10.9. The summed E-state index contributed by atoms with van der Waals surface area (Å²) in [6, 6.07) is 7.35. The van der Waals surface area contributed by atoms with E-state index in [1.165, 1.54) is 32.2 Å². The summed E-state index contributed by atoms with van der Waals surface area (Å²) in [5.74, 6) is -0.280. The van der Waals surface area contributed by atoms with Crippen molar-refractivity contribution in [3.63, 3.8) is 0 Å². The second-order valence-corrected chi connectivity index (χ2v) is 5.77. The smallest absolute Gasteiger partial charge is 0.335 e. The van der Waals surface area contributed by atoms with Crippen LogP contribution < -0.4 is 4.74 Å². The molecule has 1 saturated heterocycles. The van der Waals surface area contributed by atoms with Gasteiger partial charge in [0.2, 0.25) is 0 Å². The zero-order valence-corrected chi connectivity index (χ0v) is 12.8. The van der Waals surface area contributed by atoms with Gasteiger partial charge in [-0.2, -0.15) is 0 Å². The fourth-order valence-corrected chi connectivity index (χ4v) is 2.84. The molecule has 1 aliphatic rings. The van der Waals surface area contributed by atoms with Crippen LogP contribution in [0.1, 0.15) is 49.4 Å². The van der Waals surface area contributed by atoms with Gasteiger partial charge in [-0.25, -0.2) is 4.79 Å². The Kier molecular flexibility index (Phi) is 6.05. The third kappa shape index (κ3) is 5.05. The monoisotopic (exact) mass is 291 g/mol. The molecular formula is C17H25NO3. The van der Waals surface area contributed by atoms with Crippen molar-refractivity contribution in [1.29, 1.82) is 0 Å². The molecule has 1 aromatic carbocycles. The lowest BCUT2D eigenvalue weighted by molar-refractivity contribution is 0.0696. The Morgan fingerprint density at radius 2 is 2.24 bits per heavy atom. The minimum atomic E-state index is -0.918. The summed E-state index contributed by atoms with van der Waals surface area (Å²) >= 11 is 0. The van der Waals surface area contributed by atoms with E-state index in [0.717, 1.165) is 13.0 Å². The molecule has 0 aromatic heterocycles. The van der Waals surface area contributed by atoms with Gasteiger partial charge in [0.15, 0.2) is 0 Å². The summed E-state index contributed by atoms with van der Waals surface area (Å²) in [4.78, 5) is 13.4. The fraction of sp³-hybridized carbons (Fsp3) is 0.588. The van der Waals surface area contributed by atoms with Crippen LogP contribution in [0.15, 0.2) is 24.3 Å². The molecule has 4 heteroatoms. The van der Waals surface area contributed by atoms with Crippen LogP contribution in [0.2, 0.25) is 0 Å². The van der Waals surface area contributed by atoms with E-state index in [4.69, 9.17) is 9.84 Å². The van der Waals surface area contributed by atoms with Crippen molar-refractivity contribution in [2.24, 2.45) is 0 Å². The first-order chi connectivity index (χ1) is 10.2. The Labute approximate surface area is 126 Å². The summed E-state index contributed by atoms with van der Waals surface area (Å²) in [7, 11) is 0. The number of carbonyl (C=O) groups is 1. The summed E-state index contributed by atoms with van der Waals surface area (Å²) in [6.07, 6.45) is 6.25. The lowest BCUT2D eigenvalue weighted by atomic mass is 10.1. The van der Waals surface area contributed by atoms with Crippen molar-refractivity contribution in [3.05, 3.63) is 29.8 Å². The van der Waals surface area contributed by atoms with E-state index in [2.05, 4.69) is 11.8 Å². The Morgan fingerprint density at radius 1 is 1.38 bits per heavy atom. The van der Waals surface area contributed by atoms with Crippen molar-refractivity contribution in [2.45, 2.75) is 45.1 Å². The molecule has 116 valence electrons. The maximum atomic E-state index is 10.9. The van der Waals surface area contributed by atoms with Gasteiger partial charge >= 0.3 is 5.97 Å². The molecule has 21 heavy (non-hydrogen) atoms. The molecule has 1 heterocycles. The Balaban J connectivity index is 1.74. The largest absolute Gasteiger partial charge is 0.494 e. The third-order valence-corrected chi connectivity index (χ3v) is 4.13. The molecule has 4 nitrogen and oxygen atoms in total. The standard InChI is InChI=1S/C17H25NO3/c1-14-7-3-2-4-10-18(14)11-6-12-21-16-9-5-8-15(13-16)17(19)20/h5,8-9,13-14H,2-4,6-7,10-12H2,1H3,(H,19,20). The molecule has 2 rings (SSSR count). The second-order valence-electron chi connectivity index (χ2n) is 5.77. The molecule has 0 spiro atoms. The Morgan fingerprint density at radius 3 is 3.05 bits per heavy atom. The SMILES string of the molecule is CC1CCCCCN1CCCOc1cccc(C(=O)O)c1. The predicted octanol–water partition coefficient (Wildman–Crippen LogP) is 3.42. The molecule has 1 atom stereocenters. The van der Waals surface area contributed by atoms with Crippen LogP contribution in [0, 0.1) is 0 Å². The first kappa shape index (κ1) is 15.8. The van der Waals surface area contributed by atoms with Crippen molar-refractivity contribution < 1.29 is 14.6 Å². The topological polar surface area (TPSA) is 49.8 Å². The van der Waals surface area contributed by atoms with E-state index in [0.29, 0.717) is 18.4 Å². The van der Waals surface area contributed by atoms with E-state index >= 15 is 0 Å². The van der Waals surface area contributed by atoms with Crippen molar-refractivity contribution in [1.82, 2.24) is 4.90 Å². The highest BCUT2D eigenvalue weighted by Gasteiger charge is 2.15. The average Bonchev–Trinajstić information content (AvgIpc) is 2.69. The molecule has 1 aliphatic heterocycles. The van der Waals surface area contributed by atoms with Gasteiger partial charge < -0.3 is 14.7 Å². The highest BCUT2D eigenvalue weighted by atomic mass is 16.5. The molecule has 1 aromatic rings. The highest BCUT2D eigenvalue weighted by molar-refractivity contribution is 5.87. The van der Waals surface area contributed by atoms with Gasteiger partial charge in [0, 0.05) is 12.6 Å². The van der Waals surface area contributed by atoms with Crippen molar-refractivity contribution in [2.75, 3.05) is 19.7 Å². The number of ether oxygens (including phenoxy) is 1. The lowest BCUT2D eigenvalue weighted by Crippen LogP contribution is -2.34. The molecule has 0 radical (unpaired) electrons. The maximum Gasteiger partial charge on any atom is 0.335 e. The second kappa shape index (κ2) is 8.03. The molecule has 0 amide bonds. The van der Waals surface area contributed by atoms with E-state index in [9.17, 15) is 4.79 Å². The van der Waals surface area contributed by atoms with Gasteiger partial charge in [0.1, 0.15) is 5.75 Å². The van der Waals surface area contributed by atoms with Crippen LogP contribution in [-0.4, -0.2) is 41.7 Å². The number of carboxylic acids is 1. The molecule has 0 bridgehead atoms. The minimum Gasteiger partial charge on any atom is -0.494 e. The molecule has 1 fully saturated rings. The average molecular weight is 291 g/mol. The van der Waals surface area contributed by atoms with Crippen LogP contribution in [0.5, 0.6) is 5.75 Å². The van der Waals surface area contributed by atoms with Gasteiger partial charge in [-0.3, -0.25) is 0 Å². The van der Waals surface area contributed by atoms with Crippen LogP contribution in [0.3, 0.4) is 0 Å². The number of nitrogens with zero attached hydrogens (tertiary/aromatic N) is 1. The number of aromatic carboxylic acids is 1. The van der Waals surface area contributed by atoms with Gasteiger partial charge in [-0.05, 0) is 50.9 Å². The number of hydrogen-bond donors (Lipinski definition) is 1. The van der Waals surface area contributed by atoms with Gasteiger partial charge in [0.25, 0.3) is 0 Å². The van der Waals surface area contributed by atoms with E-state index < -0.39 is 5.97 Å².